The lowest BCUT2D eigenvalue weighted by atomic mass is 9.96. The number of alkyl carbamates (subject to hydrolysis) is 2. The number of aromatic amines is 2. The Morgan fingerprint density at radius 2 is 1.02 bits per heavy atom. The molecule has 2 aliphatic rings. The van der Waals surface area contributed by atoms with Gasteiger partial charge in [-0.1, -0.05) is 52.0 Å². The summed E-state index contributed by atoms with van der Waals surface area (Å²) in [5.74, 6) is -0.912. The van der Waals surface area contributed by atoms with E-state index in [4.69, 9.17) is 19.4 Å². The average molecular weight is 823 g/mol. The summed E-state index contributed by atoms with van der Waals surface area (Å²) in [5.41, 5.74) is 2.56. The van der Waals surface area contributed by atoms with Gasteiger partial charge in [-0.2, -0.15) is 0 Å². The van der Waals surface area contributed by atoms with E-state index in [2.05, 4.69) is 20.6 Å². The van der Waals surface area contributed by atoms with Gasteiger partial charge < -0.3 is 39.9 Å². The van der Waals surface area contributed by atoms with Gasteiger partial charge in [-0.05, 0) is 61.8 Å². The number of nitrogens with one attached hydrogen (secondary N) is 4. The van der Waals surface area contributed by atoms with E-state index in [1.165, 1.54) is 14.2 Å². The summed E-state index contributed by atoms with van der Waals surface area (Å²) in [5, 5.41) is 6.92. The fraction of sp³-hybridized carbons (Fsp3) is 0.409. The highest BCUT2D eigenvalue weighted by Crippen LogP contribution is 2.40. The third-order valence-corrected chi connectivity index (χ3v) is 12.0. The van der Waals surface area contributed by atoms with E-state index >= 15 is 8.78 Å². The number of methoxy groups -OCH3 is 2. The molecule has 14 nitrogen and oxygen atoms in total. The van der Waals surface area contributed by atoms with Gasteiger partial charge in [0.25, 0.3) is 0 Å². The van der Waals surface area contributed by atoms with Crippen molar-refractivity contribution < 1.29 is 37.4 Å². The summed E-state index contributed by atoms with van der Waals surface area (Å²) in [6.07, 6.45) is 1.44. The lowest BCUT2D eigenvalue weighted by Gasteiger charge is -2.29. The molecule has 0 aliphatic carbocycles. The quantitative estimate of drug-likeness (QED) is 0.114. The van der Waals surface area contributed by atoms with Crippen molar-refractivity contribution in [2.75, 3.05) is 27.3 Å². The first kappa shape index (κ1) is 40.5. The van der Waals surface area contributed by atoms with Crippen LogP contribution in [0.5, 0.6) is 0 Å². The number of hydrogen-bond donors (Lipinski definition) is 4. The number of ether oxygens (including phenoxy) is 2. The predicted octanol–water partition coefficient (Wildman–Crippen LogP) is 7.78. The van der Waals surface area contributed by atoms with Gasteiger partial charge in [0.1, 0.15) is 35.4 Å². The van der Waals surface area contributed by atoms with Crippen LogP contribution in [-0.4, -0.2) is 93.1 Å². The van der Waals surface area contributed by atoms with Gasteiger partial charge in [0.15, 0.2) is 0 Å². The van der Waals surface area contributed by atoms with Crippen LogP contribution in [0.3, 0.4) is 0 Å². The molecule has 314 valence electrons. The maximum absolute atomic E-state index is 16.6. The molecule has 2 saturated heterocycles. The highest BCUT2D eigenvalue weighted by atomic mass is 19.1. The highest BCUT2D eigenvalue weighted by Gasteiger charge is 2.39. The molecule has 4 amide bonds. The molecule has 6 aromatic rings. The van der Waals surface area contributed by atoms with Crippen LogP contribution in [0.2, 0.25) is 0 Å². The number of likely N-dealkylation sites (tertiary alicyclic amines) is 2. The number of halogens is 2. The van der Waals surface area contributed by atoms with Crippen LogP contribution in [0, 0.1) is 23.5 Å². The van der Waals surface area contributed by atoms with Gasteiger partial charge in [0.2, 0.25) is 11.8 Å². The molecular formula is C44H48F2N8O6. The summed E-state index contributed by atoms with van der Waals surface area (Å²) < 4.78 is 42.7. The van der Waals surface area contributed by atoms with Crippen molar-refractivity contribution >= 4 is 67.6 Å². The van der Waals surface area contributed by atoms with Crippen molar-refractivity contribution in [3.63, 3.8) is 0 Å². The van der Waals surface area contributed by atoms with Gasteiger partial charge in [0.05, 0.1) is 48.4 Å². The predicted molar refractivity (Wildman–Crippen MR) is 222 cm³/mol. The Bertz CT molecular complexity index is 2490. The van der Waals surface area contributed by atoms with Crippen LogP contribution in [0.4, 0.5) is 18.4 Å². The van der Waals surface area contributed by atoms with Crippen LogP contribution < -0.4 is 10.6 Å². The third kappa shape index (κ3) is 7.00. The van der Waals surface area contributed by atoms with Gasteiger partial charge >= 0.3 is 12.2 Å². The lowest BCUT2D eigenvalue weighted by Crippen LogP contribution is -2.51. The molecular weight excluding hydrogens is 775 g/mol. The Kier molecular flexibility index (Phi) is 10.8. The smallest absolute Gasteiger partial charge is 0.407 e. The largest absolute Gasteiger partial charge is 0.453 e. The summed E-state index contributed by atoms with van der Waals surface area (Å²) in [6.45, 7) is 8.40. The van der Waals surface area contributed by atoms with E-state index in [1.807, 2.05) is 27.7 Å². The topological polar surface area (TPSA) is 175 Å². The van der Waals surface area contributed by atoms with Crippen LogP contribution in [0.1, 0.15) is 77.1 Å². The molecule has 2 fully saturated rings. The fourth-order valence-electron chi connectivity index (χ4n) is 8.84. The Hall–Kier alpha value is -6.32. The highest BCUT2D eigenvalue weighted by molar-refractivity contribution is 6.08. The number of fused-ring (bicyclic) bond motifs is 6. The van der Waals surface area contributed by atoms with Crippen molar-refractivity contribution in [2.24, 2.45) is 11.8 Å². The zero-order chi connectivity index (χ0) is 42.6. The number of H-pyrrole nitrogens is 2. The van der Waals surface area contributed by atoms with Crippen molar-refractivity contribution in [1.29, 1.82) is 0 Å². The van der Waals surface area contributed by atoms with Gasteiger partial charge in [0, 0.05) is 45.8 Å². The molecule has 60 heavy (non-hydrogen) atoms. The molecule has 16 heteroatoms. The van der Waals surface area contributed by atoms with E-state index < -0.39 is 35.9 Å². The molecule has 2 aliphatic heterocycles. The summed E-state index contributed by atoms with van der Waals surface area (Å²) in [6, 6.07) is 11.0. The zero-order valence-electron chi connectivity index (χ0n) is 34.3. The molecule has 0 radical (unpaired) electrons. The third-order valence-electron chi connectivity index (χ3n) is 12.0. The second kappa shape index (κ2) is 16.0. The van der Waals surface area contributed by atoms with Crippen LogP contribution in [-0.2, 0) is 19.1 Å². The first-order chi connectivity index (χ1) is 28.8. The molecule has 2 aromatic heterocycles. The Balaban J connectivity index is 1.09. The van der Waals surface area contributed by atoms with Crippen LogP contribution in [0.15, 0.2) is 48.5 Å². The standard InChI is InChI=1S/C44H48F2N8O6/c1-21(2)35(51-43(57)59-5)41(55)53-19-7-9-31(53)39-47-29-17-15-25-27(37(29)49-39)13-11-23(33(25)45)24-12-14-28-26(34(24)46)16-18-30-38(28)50-40(48-30)32-10-8-20-54(32)42(56)36(22(3)4)52-44(58)60-6/h11-18,21-22,31-32,35-36H,7-10,19-20H2,1-6H3,(H,47,49)(H,48,50)(H,51,57)(H,52,58)/t31-,32-,35-,36?/m0/s1. The van der Waals surface area contributed by atoms with E-state index in [-0.39, 0.29) is 57.6 Å². The number of carbonyl (C=O) groups excluding carboxylic acids is 4. The SMILES string of the molecule is COC(=O)NC(C(=O)N1CCC[C@H]1c1nc2c(ccc3c(F)c(-c4ccc5c(ccc6[nH]c([C@@H]7CCCN7C(=O)[C@@H](NC(=O)OC)C(C)C)nc65)c4F)ccc32)[nH]1)C(C)C. The molecule has 1 unspecified atom stereocenters. The number of nitrogens with zero attached hydrogens (tertiary/aromatic N) is 4. The Labute approximate surface area is 344 Å². The van der Waals surface area contributed by atoms with Crippen molar-refractivity contribution in [1.82, 2.24) is 40.4 Å². The minimum absolute atomic E-state index is 0.0885. The first-order valence-corrected chi connectivity index (χ1v) is 20.3. The number of amides is 4. The van der Waals surface area contributed by atoms with Crippen molar-refractivity contribution in [3.05, 3.63) is 71.8 Å². The van der Waals surface area contributed by atoms with Crippen LogP contribution in [0.25, 0.3) is 54.7 Å². The van der Waals surface area contributed by atoms with E-state index in [1.54, 1.807) is 58.3 Å². The van der Waals surface area contributed by atoms with E-state index in [0.717, 1.165) is 12.8 Å². The number of hydrogen-bond acceptors (Lipinski definition) is 8. The summed E-state index contributed by atoms with van der Waals surface area (Å²) in [4.78, 5) is 71.4. The maximum atomic E-state index is 16.6. The lowest BCUT2D eigenvalue weighted by molar-refractivity contribution is -0.136. The molecule has 4 atom stereocenters. The minimum Gasteiger partial charge on any atom is -0.453 e. The number of aromatic nitrogens is 4. The van der Waals surface area contributed by atoms with Crippen LogP contribution >= 0.6 is 0 Å². The number of rotatable bonds is 9. The van der Waals surface area contributed by atoms with Crippen molar-refractivity contribution in [3.8, 4) is 11.1 Å². The maximum Gasteiger partial charge on any atom is 0.407 e. The number of carbonyl (C=O) groups is 4. The summed E-state index contributed by atoms with van der Waals surface area (Å²) >= 11 is 0. The number of imidazole rings is 2. The normalized spacial score (nSPS) is 18.0. The second-order valence-electron chi connectivity index (χ2n) is 16.3. The second-order valence-corrected chi connectivity index (χ2v) is 16.3. The first-order valence-electron chi connectivity index (χ1n) is 20.3. The Morgan fingerprint density at radius 1 is 0.633 bits per heavy atom. The molecule has 0 saturated carbocycles. The molecule has 8 rings (SSSR count). The average Bonchev–Trinajstić information content (AvgIpc) is 4.07. The molecule has 4 aromatic carbocycles. The van der Waals surface area contributed by atoms with E-state index in [9.17, 15) is 19.2 Å². The fourth-order valence-corrected chi connectivity index (χ4v) is 8.84. The van der Waals surface area contributed by atoms with Gasteiger partial charge in [-0.15, -0.1) is 0 Å². The molecule has 4 heterocycles. The zero-order valence-corrected chi connectivity index (χ0v) is 34.3. The molecule has 0 spiro atoms. The van der Waals surface area contributed by atoms with Crippen molar-refractivity contribution in [2.45, 2.75) is 77.5 Å². The van der Waals surface area contributed by atoms with Gasteiger partial charge in [-0.3, -0.25) is 9.59 Å². The summed E-state index contributed by atoms with van der Waals surface area (Å²) in [7, 11) is 2.50. The molecule has 0 bridgehead atoms. The van der Waals surface area contributed by atoms with E-state index in [0.29, 0.717) is 70.4 Å². The number of benzene rings is 4. The molecule has 4 N–H and O–H groups in total. The monoisotopic (exact) mass is 822 g/mol. The minimum atomic E-state index is -0.781. The van der Waals surface area contributed by atoms with Gasteiger partial charge in [-0.25, -0.2) is 28.3 Å². The Morgan fingerprint density at radius 3 is 1.38 bits per heavy atom.